The molecule has 0 saturated heterocycles. The van der Waals surface area contributed by atoms with Gasteiger partial charge in [-0.1, -0.05) is 11.6 Å². The third-order valence-corrected chi connectivity index (χ3v) is 4.93. The minimum absolute atomic E-state index is 0.0346. The predicted molar refractivity (Wildman–Crippen MR) is 94.9 cm³/mol. The van der Waals surface area contributed by atoms with E-state index in [1.807, 2.05) is 0 Å². The molecule has 1 aliphatic rings. The Morgan fingerprint density at radius 2 is 1.96 bits per heavy atom. The van der Waals surface area contributed by atoms with Crippen LogP contribution in [-0.4, -0.2) is 29.9 Å². The summed E-state index contributed by atoms with van der Waals surface area (Å²) < 4.78 is 42.6. The fourth-order valence-electron chi connectivity index (χ4n) is 3.26. The molecule has 0 unspecified atom stereocenters. The summed E-state index contributed by atoms with van der Waals surface area (Å²) in [4.78, 5) is 14.4. The van der Waals surface area contributed by atoms with Crippen LogP contribution in [0, 0.1) is 0 Å². The van der Waals surface area contributed by atoms with E-state index in [1.54, 1.807) is 24.4 Å². The molecule has 1 aromatic heterocycles. The lowest BCUT2D eigenvalue weighted by Crippen LogP contribution is -2.37. The van der Waals surface area contributed by atoms with Crippen molar-refractivity contribution in [2.24, 2.45) is 0 Å². The van der Waals surface area contributed by atoms with E-state index in [0.717, 1.165) is 31.1 Å². The standard InChI is InChI=1S/C18H20ClF3N2O2/c19-15-10-14-11(5-7-24-17(14)25)9-16(15)26-13-3-1-12(2-4-13)23-8-6-18(20,21)22/h5,7,9-10,12-13,23H,1-4,6,8H2,(H,24,25)/t12-,13-. The number of halogens is 4. The Labute approximate surface area is 153 Å². The smallest absolute Gasteiger partial charge is 0.390 e. The van der Waals surface area contributed by atoms with Crippen molar-refractivity contribution in [2.75, 3.05) is 6.54 Å². The second-order valence-electron chi connectivity index (χ2n) is 6.59. The minimum atomic E-state index is -4.12. The van der Waals surface area contributed by atoms with E-state index in [0.29, 0.717) is 16.2 Å². The molecule has 0 amide bonds. The van der Waals surface area contributed by atoms with Gasteiger partial charge in [0.05, 0.1) is 17.5 Å². The molecule has 3 rings (SSSR count). The van der Waals surface area contributed by atoms with Crippen LogP contribution in [0.5, 0.6) is 5.75 Å². The van der Waals surface area contributed by atoms with E-state index in [1.165, 1.54) is 0 Å². The largest absolute Gasteiger partial charge is 0.489 e. The first kappa shape index (κ1) is 19.0. The Balaban J connectivity index is 1.55. The van der Waals surface area contributed by atoms with Crippen molar-refractivity contribution in [3.8, 4) is 5.75 Å². The SMILES string of the molecule is O=c1[nH]ccc2cc(O[C@H]3CC[C@H](NCCC(F)(F)F)CC3)c(Cl)cc12. The fraction of sp³-hybridized carbons (Fsp3) is 0.500. The van der Waals surface area contributed by atoms with Crippen LogP contribution in [-0.2, 0) is 0 Å². The lowest BCUT2D eigenvalue weighted by Gasteiger charge is -2.30. The average molecular weight is 389 g/mol. The van der Waals surface area contributed by atoms with Crippen LogP contribution in [0.4, 0.5) is 13.2 Å². The van der Waals surface area contributed by atoms with E-state index in [2.05, 4.69) is 10.3 Å². The molecule has 0 aliphatic heterocycles. The van der Waals surface area contributed by atoms with Crippen LogP contribution >= 0.6 is 11.6 Å². The summed E-state index contributed by atoms with van der Waals surface area (Å²) >= 11 is 6.24. The topological polar surface area (TPSA) is 54.1 Å². The molecule has 26 heavy (non-hydrogen) atoms. The Hall–Kier alpha value is -1.73. The van der Waals surface area contributed by atoms with Crippen LogP contribution in [0.25, 0.3) is 10.8 Å². The Kier molecular flexibility index (Phi) is 5.77. The van der Waals surface area contributed by atoms with Gasteiger partial charge < -0.3 is 15.0 Å². The van der Waals surface area contributed by atoms with Gasteiger partial charge in [-0.15, -0.1) is 0 Å². The number of H-pyrrole nitrogens is 1. The highest BCUT2D eigenvalue weighted by molar-refractivity contribution is 6.32. The zero-order chi connectivity index (χ0) is 18.7. The summed E-state index contributed by atoms with van der Waals surface area (Å²) in [6, 6.07) is 5.21. The van der Waals surface area contributed by atoms with Gasteiger partial charge in [-0.3, -0.25) is 4.79 Å². The van der Waals surface area contributed by atoms with Gasteiger partial charge >= 0.3 is 6.18 Å². The summed E-state index contributed by atoms with van der Waals surface area (Å²) in [5.74, 6) is 0.526. The van der Waals surface area contributed by atoms with Crippen molar-refractivity contribution in [1.82, 2.24) is 10.3 Å². The van der Waals surface area contributed by atoms with Crippen molar-refractivity contribution in [3.05, 3.63) is 39.8 Å². The van der Waals surface area contributed by atoms with Gasteiger partial charge in [-0.05, 0) is 49.3 Å². The second kappa shape index (κ2) is 7.88. The molecular weight excluding hydrogens is 369 g/mol. The third-order valence-electron chi connectivity index (χ3n) is 4.64. The maximum Gasteiger partial charge on any atom is 0.390 e. The van der Waals surface area contributed by atoms with Crippen LogP contribution in [0.15, 0.2) is 29.2 Å². The van der Waals surface area contributed by atoms with Gasteiger partial charge in [-0.25, -0.2) is 0 Å². The highest BCUT2D eigenvalue weighted by Crippen LogP contribution is 2.32. The molecular formula is C18H20ClF3N2O2. The van der Waals surface area contributed by atoms with E-state index >= 15 is 0 Å². The van der Waals surface area contributed by atoms with Crippen LogP contribution < -0.4 is 15.6 Å². The van der Waals surface area contributed by atoms with Gasteiger partial charge in [-0.2, -0.15) is 13.2 Å². The highest BCUT2D eigenvalue weighted by Gasteiger charge is 2.28. The van der Waals surface area contributed by atoms with Crippen LogP contribution in [0.2, 0.25) is 5.02 Å². The van der Waals surface area contributed by atoms with Gasteiger partial charge in [0.1, 0.15) is 5.75 Å². The Morgan fingerprint density at radius 1 is 1.23 bits per heavy atom. The second-order valence-corrected chi connectivity index (χ2v) is 6.99. The number of rotatable bonds is 5. The number of nitrogens with one attached hydrogen (secondary N) is 2. The predicted octanol–water partition coefficient (Wildman–Crippen LogP) is 4.41. The number of ether oxygens (including phenoxy) is 1. The number of hydrogen-bond acceptors (Lipinski definition) is 3. The van der Waals surface area contributed by atoms with E-state index in [-0.39, 0.29) is 24.2 Å². The molecule has 1 aliphatic carbocycles. The lowest BCUT2D eigenvalue weighted by molar-refractivity contribution is -0.133. The monoisotopic (exact) mass is 388 g/mol. The summed E-state index contributed by atoms with van der Waals surface area (Å²) in [6.07, 6.45) is -0.397. The zero-order valence-corrected chi connectivity index (χ0v) is 14.8. The van der Waals surface area contributed by atoms with Crippen LogP contribution in [0.1, 0.15) is 32.1 Å². The molecule has 0 bridgehead atoms. The molecule has 142 valence electrons. The lowest BCUT2D eigenvalue weighted by atomic mass is 9.93. The number of alkyl halides is 3. The van der Waals surface area contributed by atoms with Crippen molar-refractivity contribution in [3.63, 3.8) is 0 Å². The van der Waals surface area contributed by atoms with Gasteiger partial charge in [0.2, 0.25) is 0 Å². The quantitative estimate of drug-likeness (QED) is 0.797. The molecule has 1 fully saturated rings. The zero-order valence-electron chi connectivity index (χ0n) is 14.0. The van der Waals surface area contributed by atoms with Gasteiger partial charge in [0, 0.05) is 24.2 Å². The van der Waals surface area contributed by atoms with E-state index < -0.39 is 12.6 Å². The number of hydrogen-bond donors (Lipinski definition) is 2. The first-order chi connectivity index (χ1) is 12.3. The number of aromatic amines is 1. The van der Waals surface area contributed by atoms with E-state index in [9.17, 15) is 18.0 Å². The number of aromatic nitrogens is 1. The van der Waals surface area contributed by atoms with Crippen LogP contribution in [0.3, 0.4) is 0 Å². The molecule has 2 N–H and O–H groups in total. The minimum Gasteiger partial charge on any atom is -0.489 e. The van der Waals surface area contributed by atoms with Crippen molar-refractivity contribution in [1.29, 1.82) is 0 Å². The first-order valence-corrected chi connectivity index (χ1v) is 8.97. The van der Waals surface area contributed by atoms with Crippen molar-refractivity contribution >= 4 is 22.4 Å². The number of pyridine rings is 1. The summed E-state index contributed by atoms with van der Waals surface area (Å²) in [5, 5.41) is 4.59. The molecule has 1 saturated carbocycles. The fourth-order valence-corrected chi connectivity index (χ4v) is 3.47. The van der Waals surface area contributed by atoms with Gasteiger partial charge in [0.25, 0.3) is 5.56 Å². The maximum atomic E-state index is 12.2. The molecule has 4 nitrogen and oxygen atoms in total. The Bertz CT molecular complexity index is 814. The summed E-state index contributed by atoms with van der Waals surface area (Å²) in [5.41, 5.74) is -0.207. The summed E-state index contributed by atoms with van der Waals surface area (Å²) in [7, 11) is 0. The maximum absolute atomic E-state index is 12.2. The third kappa shape index (κ3) is 4.92. The normalized spacial score (nSPS) is 21.1. The summed E-state index contributed by atoms with van der Waals surface area (Å²) in [6.45, 7) is -0.0509. The Morgan fingerprint density at radius 3 is 2.65 bits per heavy atom. The molecule has 0 atom stereocenters. The number of fused-ring (bicyclic) bond motifs is 1. The number of benzene rings is 1. The van der Waals surface area contributed by atoms with Crippen molar-refractivity contribution in [2.45, 2.75) is 50.4 Å². The van der Waals surface area contributed by atoms with Gasteiger partial charge in [0.15, 0.2) is 0 Å². The molecule has 1 aromatic carbocycles. The molecule has 2 aromatic rings. The van der Waals surface area contributed by atoms with E-state index in [4.69, 9.17) is 16.3 Å². The first-order valence-electron chi connectivity index (χ1n) is 8.59. The highest BCUT2D eigenvalue weighted by atomic mass is 35.5. The average Bonchev–Trinajstić information content (AvgIpc) is 2.57. The molecule has 0 radical (unpaired) electrons. The molecule has 1 heterocycles. The molecule has 8 heteroatoms. The van der Waals surface area contributed by atoms with Crippen molar-refractivity contribution < 1.29 is 17.9 Å². The molecule has 0 spiro atoms.